The van der Waals surface area contributed by atoms with Gasteiger partial charge in [0.2, 0.25) is 5.91 Å². The van der Waals surface area contributed by atoms with Crippen LogP contribution in [0.4, 0.5) is 0 Å². The number of aliphatic carboxylic acids is 1. The van der Waals surface area contributed by atoms with Crippen molar-refractivity contribution in [3.05, 3.63) is 0 Å². The molecule has 6 N–H and O–H groups in total. The van der Waals surface area contributed by atoms with Crippen molar-refractivity contribution >= 4 is 11.9 Å². The maximum absolute atomic E-state index is 12.5. The van der Waals surface area contributed by atoms with Crippen LogP contribution in [0.3, 0.4) is 0 Å². The van der Waals surface area contributed by atoms with Crippen LogP contribution in [0.5, 0.6) is 0 Å². The number of ether oxygens (including phenoxy) is 1. The highest BCUT2D eigenvalue weighted by atomic mass is 16.6. The first-order chi connectivity index (χ1) is 10.8. The molecule has 0 radical (unpaired) electrons. The zero-order chi connectivity index (χ0) is 18.9. The summed E-state index contributed by atoms with van der Waals surface area (Å²) in [6.45, 7) is 5.47. The summed E-state index contributed by atoms with van der Waals surface area (Å²) in [5, 5.41) is 50.4. The molecule has 1 fully saturated rings. The standard InChI is InChI=1S/C15H27NO8/c1-14(2,6-15(3,4)13(22)23)12(21)16-8-10(19)9(18)7(5-17)24-11(8)20/h7-11,17-20H,5-6H2,1-4H3,(H,16,21)(H,22,23)/t7?,8?,9?,10-,11?/m1/s1. The molecule has 0 aliphatic carbocycles. The fourth-order valence-corrected chi connectivity index (χ4v) is 2.86. The van der Waals surface area contributed by atoms with Gasteiger partial charge in [0.05, 0.1) is 12.0 Å². The molecule has 1 aliphatic heterocycles. The summed E-state index contributed by atoms with van der Waals surface area (Å²) in [6.07, 6.45) is -5.79. The van der Waals surface area contributed by atoms with Gasteiger partial charge in [-0.05, 0) is 20.3 Å². The molecule has 140 valence electrons. The lowest BCUT2D eigenvalue weighted by molar-refractivity contribution is -0.254. The van der Waals surface area contributed by atoms with E-state index in [0.29, 0.717) is 0 Å². The third kappa shape index (κ3) is 4.42. The van der Waals surface area contributed by atoms with Crippen LogP contribution in [0, 0.1) is 10.8 Å². The van der Waals surface area contributed by atoms with E-state index >= 15 is 0 Å². The minimum Gasteiger partial charge on any atom is -0.481 e. The number of hydrogen-bond acceptors (Lipinski definition) is 7. The van der Waals surface area contributed by atoms with E-state index in [2.05, 4.69) is 5.32 Å². The summed E-state index contributed by atoms with van der Waals surface area (Å²) >= 11 is 0. The summed E-state index contributed by atoms with van der Waals surface area (Å²) in [4.78, 5) is 23.7. The molecule has 1 saturated heterocycles. The third-order valence-electron chi connectivity index (χ3n) is 4.28. The third-order valence-corrected chi connectivity index (χ3v) is 4.28. The lowest BCUT2D eigenvalue weighted by Gasteiger charge is -2.41. The van der Waals surface area contributed by atoms with E-state index in [4.69, 9.17) is 9.84 Å². The van der Waals surface area contributed by atoms with E-state index < -0.39 is 60.0 Å². The van der Waals surface area contributed by atoms with Crippen LogP contribution in [-0.4, -0.2) is 74.7 Å². The maximum Gasteiger partial charge on any atom is 0.309 e. The molecule has 0 aromatic heterocycles. The number of hydrogen-bond donors (Lipinski definition) is 6. The monoisotopic (exact) mass is 349 g/mol. The highest BCUT2D eigenvalue weighted by molar-refractivity contribution is 5.83. The SMILES string of the molecule is CC(C)(CC(C)(C)C(=O)NC1C(O)OC(CO)C(O)[C@@H]1O)C(=O)O. The van der Waals surface area contributed by atoms with Gasteiger partial charge in [-0.3, -0.25) is 9.59 Å². The Balaban J connectivity index is 2.84. The largest absolute Gasteiger partial charge is 0.481 e. The van der Waals surface area contributed by atoms with Gasteiger partial charge in [0.25, 0.3) is 0 Å². The number of carboxylic acids is 1. The van der Waals surface area contributed by atoms with E-state index in [-0.39, 0.29) is 6.42 Å². The van der Waals surface area contributed by atoms with Crippen LogP contribution in [-0.2, 0) is 14.3 Å². The van der Waals surface area contributed by atoms with Crippen LogP contribution in [0.2, 0.25) is 0 Å². The molecule has 1 heterocycles. The van der Waals surface area contributed by atoms with Crippen molar-refractivity contribution in [2.24, 2.45) is 10.8 Å². The maximum atomic E-state index is 12.5. The molecule has 24 heavy (non-hydrogen) atoms. The highest BCUT2D eigenvalue weighted by Crippen LogP contribution is 2.34. The van der Waals surface area contributed by atoms with Crippen molar-refractivity contribution in [3.8, 4) is 0 Å². The summed E-state index contributed by atoms with van der Waals surface area (Å²) in [5.41, 5.74) is -2.26. The zero-order valence-corrected chi connectivity index (χ0v) is 14.3. The summed E-state index contributed by atoms with van der Waals surface area (Å²) in [5.74, 6) is -1.65. The number of carbonyl (C=O) groups is 2. The number of nitrogens with one attached hydrogen (secondary N) is 1. The van der Waals surface area contributed by atoms with Gasteiger partial charge in [-0.1, -0.05) is 13.8 Å². The second-order valence-electron chi connectivity index (χ2n) is 7.48. The smallest absolute Gasteiger partial charge is 0.309 e. The molecular weight excluding hydrogens is 322 g/mol. The Bertz CT molecular complexity index is 478. The highest BCUT2D eigenvalue weighted by Gasteiger charge is 2.46. The predicted octanol–water partition coefficient (Wildman–Crippen LogP) is -1.57. The Morgan fingerprint density at radius 1 is 1.04 bits per heavy atom. The van der Waals surface area contributed by atoms with Gasteiger partial charge < -0.3 is 35.6 Å². The Labute approximate surface area is 140 Å². The summed E-state index contributed by atoms with van der Waals surface area (Å²) < 4.78 is 4.97. The molecule has 0 spiro atoms. The van der Waals surface area contributed by atoms with Crippen molar-refractivity contribution in [1.29, 1.82) is 0 Å². The first-order valence-electron chi connectivity index (χ1n) is 7.68. The van der Waals surface area contributed by atoms with Gasteiger partial charge in [-0.2, -0.15) is 0 Å². The number of rotatable bonds is 6. The normalized spacial score (nSPS) is 31.6. The van der Waals surface area contributed by atoms with Crippen LogP contribution in [0.25, 0.3) is 0 Å². The molecule has 0 bridgehead atoms. The van der Waals surface area contributed by atoms with Crippen LogP contribution in [0.15, 0.2) is 0 Å². The van der Waals surface area contributed by atoms with Gasteiger partial charge in [0.1, 0.15) is 24.4 Å². The summed E-state index contributed by atoms with van der Waals surface area (Å²) in [7, 11) is 0. The van der Waals surface area contributed by atoms with Crippen LogP contribution >= 0.6 is 0 Å². The lowest BCUT2D eigenvalue weighted by atomic mass is 9.74. The fraction of sp³-hybridized carbons (Fsp3) is 0.867. The van der Waals surface area contributed by atoms with Crippen molar-refractivity contribution in [3.63, 3.8) is 0 Å². The summed E-state index contributed by atoms with van der Waals surface area (Å²) in [6, 6.07) is -1.30. The molecular formula is C15H27NO8. The van der Waals surface area contributed by atoms with Crippen LogP contribution < -0.4 is 5.32 Å². The molecule has 1 rings (SSSR count). The molecule has 4 unspecified atom stereocenters. The Hall–Kier alpha value is -1.26. The second kappa shape index (κ2) is 7.32. The first kappa shape index (κ1) is 20.8. The van der Waals surface area contributed by atoms with Crippen molar-refractivity contribution < 1.29 is 39.9 Å². The molecule has 9 nitrogen and oxygen atoms in total. The van der Waals surface area contributed by atoms with Gasteiger partial charge in [-0.15, -0.1) is 0 Å². The van der Waals surface area contributed by atoms with Crippen LogP contribution in [0.1, 0.15) is 34.1 Å². The van der Waals surface area contributed by atoms with Gasteiger partial charge in [0.15, 0.2) is 6.29 Å². The zero-order valence-electron chi connectivity index (χ0n) is 14.3. The molecule has 1 aliphatic rings. The molecule has 5 atom stereocenters. The van der Waals surface area contributed by atoms with Crippen molar-refractivity contribution in [1.82, 2.24) is 5.32 Å². The minimum atomic E-state index is -1.62. The fourth-order valence-electron chi connectivity index (χ4n) is 2.86. The van der Waals surface area contributed by atoms with E-state index in [1.807, 2.05) is 0 Å². The van der Waals surface area contributed by atoms with E-state index in [9.17, 15) is 30.0 Å². The Morgan fingerprint density at radius 3 is 2.04 bits per heavy atom. The quantitative estimate of drug-likeness (QED) is 0.336. The van der Waals surface area contributed by atoms with Gasteiger partial charge >= 0.3 is 5.97 Å². The number of amides is 1. The average Bonchev–Trinajstić information content (AvgIpc) is 2.45. The molecule has 1 amide bonds. The van der Waals surface area contributed by atoms with E-state index in [1.54, 1.807) is 13.8 Å². The first-order valence-corrected chi connectivity index (χ1v) is 7.68. The molecule has 0 aromatic carbocycles. The number of carbonyl (C=O) groups excluding carboxylic acids is 1. The topological polar surface area (TPSA) is 157 Å². The number of carboxylic acid groups (broad SMARTS) is 1. The Kier molecular flexibility index (Phi) is 6.34. The van der Waals surface area contributed by atoms with E-state index in [1.165, 1.54) is 13.8 Å². The molecule has 9 heteroatoms. The van der Waals surface area contributed by atoms with Gasteiger partial charge in [-0.25, -0.2) is 0 Å². The lowest BCUT2D eigenvalue weighted by Crippen LogP contribution is -2.65. The van der Waals surface area contributed by atoms with Crippen molar-refractivity contribution in [2.75, 3.05) is 6.61 Å². The van der Waals surface area contributed by atoms with E-state index in [0.717, 1.165) is 0 Å². The number of aliphatic hydroxyl groups is 4. The molecule has 0 saturated carbocycles. The minimum absolute atomic E-state index is 0.0166. The molecule has 0 aromatic rings. The average molecular weight is 349 g/mol. The Morgan fingerprint density at radius 2 is 1.58 bits per heavy atom. The van der Waals surface area contributed by atoms with Gasteiger partial charge in [0, 0.05) is 5.41 Å². The predicted molar refractivity (Wildman–Crippen MR) is 81.7 cm³/mol. The second-order valence-corrected chi connectivity index (χ2v) is 7.48. The van der Waals surface area contributed by atoms with Crippen molar-refractivity contribution in [2.45, 2.75) is 64.8 Å². The number of aliphatic hydroxyl groups excluding tert-OH is 4.